The molecular formula is C14H13Cl2NO3. The van der Waals surface area contributed by atoms with Crippen LogP contribution in [0.4, 0.5) is 5.69 Å². The highest BCUT2D eigenvalue weighted by Crippen LogP contribution is 2.39. The molecule has 1 aliphatic carbocycles. The number of esters is 1. The Kier molecular flexibility index (Phi) is 3.61. The van der Waals surface area contributed by atoms with Crippen LogP contribution < -0.4 is 4.90 Å². The number of carbonyl (C=O) groups is 2. The first-order valence-corrected chi connectivity index (χ1v) is 7.29. The van der Waals surface area contributed by atoms with Gasteiger partial charge in [0.1, 0.15) is 6.04 Å². The smallest absolute Gasteiger partial charge is 0.329 e. The van der Waals surface area contributed by atoms with Crippen molar-refractivity contribution >= 4 is 40.8 Å². The summed E-state index contributed by atoms with van der Waals surface area (Å²) >= 11 is 12.2. The van der Waals surface area contributed by atoms with E-state index >= 15 is 0 Å². The minimum Gasteiger partial charge on any atom is -0.464 e. The summed E-state index contributed by atoms with van der Waals surface area (Å²) in [5.74, 6) is -0.466. The fourth-order valence-electron chi connectivity index (χ4n) is 2.37. The van der Waals surface area contributed by atoms with Crippen molar-refractivity contribution in [2.75, 3.05) is 11.5 Å². The molecule has 0 radical (unpaired) electrons. The Bertz CT molecular complexity index is 572. The number of cyclic esters (lactones) is 1. The summed E-state index contributed by atoms with van der Waals surface area (Å²) in [6, 6.07) is 4.48. The van der Waals surface area contributed by atoms with Gasteiger partial charge in [-0.3, -0.25) is 9.69 Å². The number of rotatable bonds is 3. The van der Waals surface area contributed by atoms with Gasteiger partial charge >= 0.3 is 5.97 Å². The molecule has 3 rings (SSSR count). The second-order valence-electron chi connectivity index (χ2n) is 5.03. The summed E-state index contributed by atoms with van der Waals surface area (Å²) in [5, 5.41) is 0.659. The van der Waals surface area contributed by atoms with Crippen LogP contribution in [-0.4, -0.2) is 24.5 Å². The third kappa shape index (κ3) is 2.38. The number of carbonyl (C=O) groups excluding carboxylic acids is 2. The van der Waals surface area contributed by atoms with E-state index in [0.717, 1.165) is 12.8 Å². The first-order chi connectivity index (χ1) is 9.59. The predicted molar refractivity (Wildman–Crippen MR) is 76.0 cm³/mol. The van der Waals surface area contributed by atoms with Gasteiger partial charge in [-0.1, -0.05) is 29.3 Å². The molecule has 1 unspecified atom stereocenters. The van der Waals surface area contributed by atoms with Gasteiger partial charge < -0.3 is 4.74 Å². The molecule has 0 N–H and O–H groups in total. The fourth-order valence-corrected chi connectivity index (χ4v) is 2.75. The molecule has 1 aliphatic heterocycles. The monoisotopic (exact) mass is 313 g/mol. The van der Waals surface area contributed by atoms with Crippen LogP contribution in [0.5, 0.6) is 0 Å². The van der Waals surface area contributed by atoms with E-state index in [9.17, 15) is 9.59 Å². The van der Waals surface area contributed by atoms with Crippen molar-refractivity contribution in [3.05, 3.63) is 28.2 Å². The topological polar surface area (TPSA) is 46.6 Å². The van der Waals surface area contributed by atoms with Crippen molar-refractivity contribution in [1.29, 1.82) is 0 Å². The summed E-state index contributed by atoms with van der Waals surface area (Å²) in [6.45, 7) is 0.329. The molecule has 106 valence electrons. The van der Waals surface area contributed by atoms with Crippen LogP contribution in [0.1, 0.15) is 19.3 Å². The van der Waals surface area contributed by atoms with Crippen LogP contribution in [0.2, 0.25) is 10.0 Å². The normalized spacial score (nSPS) is 21.7. The molecule has 1 saturated heterocycles. The summed E-state index contributed by atoms with van der Waals surface area (Å²) in [5.41, 5.74) is 0.486. The number of anilines is 1. The summed E-state index contributed by atoms with van der Waals surface area (Å²) in [4.78, 5) is 25.8. The lowest BCUT2D eigenvalue weighted by Gasteiger charge is -2.27. The van der Waals surface area contributed by atoms with E-state index in [2.05, 4.69) is 0 Å². The van der Waals surface area contributed by atoms with Gasteiger partial charge in [-0.15, -0.1) is 0 Å². The Balaban J connectivity index is 2.02. The van der Waals surface area contributed by atoms with E-state index in [0.29, 0.717) is 28.8 Å². The van der Waals surface area contributed by atoms with E-state index < -0.39 is 6.04 Å². The molecule has 1 saturated carbocycles. The second kappa shape index (κ2) is 5.26. The van der Waals surface area contributed by atoms with E-state index in [1.165, 1.54) is 4.90 Å². The largest absolute Gasteiger partial charge is 0.464 e. The van der Waals surface area contributed by atoms with E-state index in [1.54, 1.807) is 18.2 Å². The third-order valence-electron chi connectivity index (χ3n) is 3.57. The molecule has 1 aromatic rings. The van der Waals surface area contributed by atoms with E-state index in [-0.39, 0.29) is 17.8 Å². The standard InChI is InChI=1S/C14H13Cl2NO3/c15-9-2-1-3-10(12(9)16)17(13(18)8-4-5-8)11-6-7-20-14(11)19/h1-3,8,11H,4-7H2. The average Bonchev–Trinajstić information content (AvgIpc) is 3.19. The fraction of sp³-hybridized carbons (Fsp3) is 0.429. The first kappa shape index (κ1) is 13.7. The van der Waals surface area contributed by atoms with Gasteiger partial charge in [-0.25, -0.2) is 4.79 Å². The molecule has 4 nitrogen and oxygen atoms in total. The molecule has 6 heteroatoms. The number of amides is 1. The molecule has 1 atom stereocenters. The van der Waals surface area contributed by atoms with Gasteiger partial charge in [-0.05, 0) is 25.0 Å². The maximum Gasteiger partial charge on any atom is 0.329 e. The highest BCUT2D eigenvalue weighted by Gasteiger charge is 2.42. The van der Waals surface area contributed by atoms with Crippen LogP contribution in [-0.2, 0) is 14.3 Å². The van der Waals surface area contributed by atoms with Crippen LogP contribution in [0.15, 0.2) is 18.2 Å². The second-order valence-corrected chi connectivity index (χ2v) is 5.81. The van der Waals surface area contributed by atoms with Crippen molar-refractivity contribution in [2.24, 2.45) is 5.92 Å². The minimum atomic E-state index is -0.598. The maximum atomic E-state index is 12.5. The third-order valence-corrected chi connectivity index (χ3v) is 4.38. The van der Waals surface area contributed by atoms with E-state index in [4.69, 9.17) is 27.9 Å². The molecule has 1 aromatic carbocycles. The minimum absolute atomic E-state index is 0.0153. The number of hydrogen-bond acceptors (Lipinski definition) is 3. The predicted octanol–water partition coefficient (Wildman–Crippen LogP) is 3.05. The van der Waals surface area contributed by atoms with Gasteiger partial charge in [0.2, 0.25) is 5.91 Å². The number of benzene rings is 1. The molecule has 1 heterocycles. The Morgan fingerprint density at radius 2 is 2.00 bits per heavy atom. The Morgan fingerprint density at radius 3 is 2.60 bits per heavy atom. The molecule has 20 heavy (non-hydrogen) atoms. The van der Waals surface area contributed by atoms with Gasteiger partial charge in [0.15, 0.2) is 0 Å². The van der Waals surface area contributed by atoms with Crippen LogP contribution in [0, 0.1) is 5.92 Å². The number of nitrogens with zero attached hydrogens (tertiary/aromatic N) is 1. The zero-order chi connectivity index (χ0) is 14.3. The Hall–Kier alpha value is -1.26. The van der Waals surface area contributed by atoms with Gasteiger partial charge in [0, 0.05) is 12.3 Å². The Morgan fingerprint density at radius 1 is 1.25 bits per heavy atom. The molecule has 0 spiro atoms. The summed E-state index contributed by atoms with van der Waals surface area (Å²) < 4.78 is 4.98. The van der Waals surface area contributed by atoms with E-state index in [1.807, 2.05) is 0 Å². The zero-order valence-corrected chi connectivity index (χ0v) is 12.2. The summed E-state index contributed by atoms with van der Waals surface area (Å²) in [6.07, 6.45) is 2.20. The van der Waals surface area contributed by atoms with Crippen LogP contribution >= 0.6 is 23.2 Å². The van der Waals surface area contributed by atoms with Crippen LogP contribution in [0.3, 0.4) is 0 Å². The van der Waals surface area contributed by atoms with Crippen molar-refractivity contribution in [1.82, 2.24) is 0 Å². The van der Waals surface area contributed by atoms with Crippen molar-refractivity contribution in [2.45, 2.75) is 25.3 Å². The molecule has 1 amide bonds. The zero-order valence-electron chi connectivity index (χ0n) is 10.6. The Labute approximate surface area is 126 Å². The average molecular weight is 314 g/mol. The van der Waals surface area contributed by atoms with Gasteiger partial charge in [0.05, 0.1) is 22.3 Å². The SMILES string of the molecule is O=C1OCCC1N(C(=O)C1CC1)c1cccc(Cl)c1Cl. The lowest BCUT2D eigenvalue weighted by molar-refractivity contribution is -0.140. The highest BCUT2D eigenvalue weighted by molar-refractivity contribution is 6.44. The molecule has 0 bridgehead atoms. The van der Waals surface area contributed by atoms with Crippen LogP contribution in [0.25, 0.3) is 0 Å². The number of hydrogen-bond donors (Lipinski definition) is 0. The molecule has 0 aromatic heterocycles. The van der Waals surface area contributed by atoms with Gasteiger partial charge in [-0.2, -0.15) is 0 Å². The highest BCUT2D eigenvalue weighted by atomic mass is 35.5. The van der Waals surface area contributed by atoms with Crippen molar-refractivity contribution in [3.63, 3.8) is 0 Å². The molecular weight excluding hydrogens is 301 g/mol. The van der Waals surface area contributed by atoms with Crippen molar-refractivity contribution < 1.29 is 14.3 Å². The summed E-state index contributed by atoms with van der Waals surface area (Å²) in [7, 11) is 0. The quantitative estimate of drug-likeness (QED) is 0.806. The lowest BCUT2D eigenvalue weighted by atomic mass is 10.1. The first-order valence-electron chi connectivity index (χ1n) is 6.53. The lowest BCUT2D eigenvalue weighted by Crippen LogP contribution is -2.44. The maximum absolute atomic E-state index is 12.5. The van der Waals surface area contributed by atoms with Gasteiger partial charge in [0.25, 0.3) is 0 Å². The molecule has 2 aliphatic rings. The number of halogens is 2. The number of ether oxygens (including phenoxy) is 1. The molecule has 2 fully saturated rings. The van der Waals surface area contributed by atoms with Crippen molar-refractivity contribution in [3.8, 4) is 0 Å².